The number of nitrogens with two attached hydrogens (primary N) is 1. The first-order valence-electron chi connectivity index (χ1n) is 6.61. The minimum Gasteiger partial charge on any atom is -0.327 e. The third-order valence-corrected chi connectivity index (χ3v) is 4.23. The average Bonchev–Trinajstić information content (AvgIpc) is 2.70. The van der Waals surface area contributed by atoms with E-state index in [1.807, 2.05) is 18.7 Å². The Kier molecular flexibility index (Phi) is 4.66. The molecule has 0 saturated heterocycles. The van der Waals surface area contributed by atoms with E-state index in [0.29, 0.717) is 0 Å². The molecule has 0 aliphatic heterocycles. The van der Waals surface area contributed by atoms with Gasteiger partial charge in [-0.3, -0.25) is 4.68 Å². The van der Waals surface area contributed by atoms with Crippen LogP contribution in [-0.2, 0) is 13.5 Å². The molecule has 0 aliphatic carbocycles. The largest absolute Gasteiger partial charge is 0.327 e. The maximum absolute atomic E-state index is 5.97. The molecule has 0 fully saturated rings. The molecule has 102 valence electrons. The summed E-state index contributed by atoms with van der Waals surface area (Å²) in [6.07, 6.45) is 1.97. The molecular weight excluding hydrogens is 254 g/mol. The molecule has 0 saturated carbocycles. The summed E-state index contributed by atoms with van der Waals surface area (Å²) in [6, 6.07) is 11.0. The van der Waals surface area contributed by atoms with Crippen molar-refractivity contribution in [2.24, 2.45) is 12.8 Å². The highest BCUT2D eigenvalue weighted by atomic mass is 32.2. The molecule has 0 radical (unpaired) electrons. The molecule has 0 spiro atoms. The molecule has 19 heavy (non-hydrogen) atoms. The summed E-state index contributed by atoms with van der Waals surface area (Å²) in [5.74, 6) is 0. The van der Waals surface area contributed by atoms with Crippen LogP contribution in [0.15, 0.2) is 40.3 Å². The molecule has 0 bridgehead atoms. The van der Waals surface area contributed by atoms with E-state index in [1.54, 1.807) is 11.8 Å². The van der Waals surface area contributed by atoms with Crippen LogP contribution in [-0.4, -0.2) is 15.8 Å². The van der Waals surface area contributed by atoms with Crippen LogP contribution in [0.4, 0.5) is 0 Å². The second-order valence-corrected chi connectivity index (χ2v) is 5.96. The molecule has 1 aromatic heterocycles. The van der Waals surface area contributed by atoms with Gasteiger partial charge in [0.05, 0.1) is 10.7 Å². The molecule has 3 nitrogen and oxygen atoms in total. The van der Waals surface area contributed by atoms with Crippen molar-refractivity contribution >= 4 is 11.8 Å². The van der Waals surface area contributed by atoms with Crippen LogP contribution in [0.2, 0.25) is 0 Å². The van der Waals surface area contributed by atoms with Gasteiger partial charge < -0.3 is 5.73 Å². The van der Waals surface area contributed by atoms with Gasteiger partial charge in [0.15, 0.2) is 0 Å². The van der Waals surface area contributed by atoms with Crippen LogP contribution in [0.3, 0.4) is 0 Å². The molecular formula is C15H21N3S. The molecule has 4 heteroatoms. The van der Waals surface area contributed by atoms with Crippen molar-refractivity contribution in [2.75, 3.05) is 0 Å². The first kappa shape index (κ1) is 14.2. The van der Waals surface area contributed by atoms with Crippen LogP contribution < -0.4 is 5.73 Å². The molecule has 1 atom stereocenters. The Bertz CT molecular complexity index is 531. The molecule has 2 rings (SSSR count). The third kappa shape index (κ3) is 3.85. The molecule has 0 aliphatic rings. The van der Waals surface area contributed by atoms with Crippen LogP contribution in [0, 0.1) is 6.92 Å². The predicted octanol–water partition coefficient (Wildman–Crippen LogP) is 3.16. The molecule has 0 amide bonds. The number of benzene rings is 1. The maximum Gasteiger partial charge on any atom is 0.0986 e. The van der Waals surface area contributed by atoms with Crippen molar-refractivity contribution in [3.05, 3.63) is 41.6 Å². The zero-order chi connectivity index (χ0) is 13.8. The second-order valence-electron chi connectivity index (χ2n) is 4.87. The lowest BCUT2D eigenvalue weighted by Crippen LogP contribution is -2.21. The quantitative estimate of drug-likeness (QED) is 0.911. The van der Waals surface area contributed by atoms with Crippen molar-refractivity contribution < 1.29 is 0 Å². The number of nitrogens with zero attached hydrogens (tertiary/aromatic N) is 2. The summed E-state index contributed by atoms with van der Waals surface area (Å²) in [6.45, 7) is 4.14. The smallest absolute Gasteiger partial charge is 0.0986 e. The fourth-order valence-corrected chi connectivity index (χ4v) is 2.86. The Hall–Kier alpha value is -1.26. The summed E-state index contributed by atoms with van der Waals surface area (Å²) in [5.41, 5.74) is 8.33. The van der Waals surface area contributed by atoms with Crippen LogP contribution in [0.1, 0.15) is 24.6 Å². The Morgan fingerprint density at radius 1 is 1.32 bits per heavy atom. The highest BCUT2D eigenvalue weighted by molar-refractivity contribution is 7.99. The lowest BCUT2D eigenvalue weighted by molar-refractivity contribution is 0.646. The lowest BCUT2D eigenvalue weighted by Gasteiger charge is -2.09. The van der Waals surface area contributed by atoms with Gasteiger partial charge >= 0.3 is 0 Å². The van der Waals surface area contributed by atoms with Gasteiger partial charge in [0, 0.05) is 18.0 Å². The number of aryl methyl sites for hydroxylation is 2. The van der Waals surface area contributed by atoms with Gasteiger partial charge in [0.25, 0.3) is 0 Å². The number of aromatic nitrogens is 2. The van der Waals surface area contributed by atoms with Gasteiger partial charge in [-0.25, -0.2) is 0 Å². The van der Waals surface area contributed by atoms with E-state index in [2.05, 4.69) is 42.4 Å². The molecule has 2 aromatic rings. The fourth-order valence-electron chi connectivity index (χ4n) is 1.94. The Morgan fingerprint density at radius 3 is 2.53 bits per heavy atom. The van der Waals surface area contributed by atoms with Gasteiger partial charge in [-0.05, 0) is 43.5 Å². The number of rotatable bonds is 5. The van der Waals surface area contributed by atoms with Crippen molar-refractivity contribution in [2.45, 2.75) is 42.7 Å². The SMILES string of the molecule is CCC(N)Cc1ccc(Sc2cc(C)nn2C)cc1. The van der Waals surface area contributed by atoms with Gasteiger partial charge in [0.1, 0.15) is 0 Å². The van der Waals surface area contributed by atoms with Crippen molar-refractivity contribution in [1.29, 1.82) is 0 Å². The predicted molar refractivity (Wildman–Crippen MR) is 80.5 cm³/mol. The Labute approximate surface area is 119 Å². The minimum absolute atomic E-state index is 0.262. The van der Waals surface area contributed by atoms with Crippen molar-refractivity contribution in [3.8, 4) is 0 Å². The van der Waals surface area contributed by atoms with Gasteiger partial charge in [-0.15, -0.1) is 0 Å². The third-order valence-electron chi connectivity index (χ3n) is 3.13. The Morgan fingerprint density at radius 2 is 2.00 bits per heavy atom. The summed E-state index contributed by atoms with van der Waals surface area (Å²) < 4.78 is 1.92. The zero-order valence-corrected chi connectivity index (χ0v) is 12.6. The topological polar surface area (TPSA) is 43.8 Å². The van der Waals surface area contributed by atoms with Crippen molar-refractivity contribution in [1.82, 2.24) is 9.78 Å². The van der Waals surface area contributed by atoms with Gasteiger partial charge in [-0.1, -0.05) is 30.8 Å². The summed E-state index contributed by atoms with van der Waals surface area (Å²) in [7, 11) is 1.98. The van der Waals surface area contributed by atoms with E-state index in [0.717, 1.165) is 23.6 Å². The summed E-state index contributed by atoms with van der Waals surface area (Å²) >= 11 is 1.74. The monoisotopic (exact) mass is 275 g/mol. The van der Waals surface area contributed by atoms with E-state index < -0.39 is 0 Å². The highest BCUT2D eigenvalue weighted by Crippen LogP contribution is 2.28. The first-order valence-corrected chi connectivity index (χ1v) is 7.43. The molecule has 1 heterocycles. The average molecular weight is 275 g/mol. The maximum atomic E-state index is 5.97. The van der Waals surface area contributed by atoms with E-state index in [1.165, 1.54) is 10.5 Å². The molecule has 1 aromatic carbocycles. The van der Waals surface area contributed by atoms with Crippen LogP contribution >= 0.6 is 11.8 Å². The van der Waals surface area contributed by atoms with E-state index in [4.69, 9.17) is 5.73 Å². The van der Waals surface area contributed by atoms with Crippen LogP contribution in [0.25, 0.3) is 0 Å². The standard InChI is InChI=1S/C15H21N3S/c1-4-13(16)10-12-5-7-14(8-6-12)19-15-9-11(2)17-18(15)3/h5-9,13H,4,10,16H2,1-3H3. The number of hydrogen-bond acceptors (Lipinski definition) is 3. The van der Waals surface area contributed by atoms with Gasteiger partial charge in [0.2, 0.25) is 0 Å². The minimum atomic E-state index is 0.262. The highest BCUT2D eigenvalue weighted by Gasteiger charge is 2.05. The fraction of sp³-hybridized carbons (Fsp3) is 0.400. The number of hydrogen-bond donors (Lipinski definition) is 1. The van der Waals surface area contributed by atoms with E-state index >= 15 is 0 Å². The zero-order valence-electron chi connectivity index (χ0n) is 11.8. The normalized spacial score (nSPS) is 12.6. The summed E-state index contributed by atoms with van der Waals surface area (Å²) in [5, 5.41) is 5.52. The van der Waals surface area contributed by atoms with Gasteiger partial charge in [-0.2, -0.15) is 5.10 Å². The van der Waals surface area contributed by atoms with E-state index in [9.17, 15) is 0 Å². The van der Waals surface area contributed by atoms with Crippen molar-refractivity contribution in [3.63, 3.8) is 0 Å². The summed E-state index contributed by atoms with van der Waals surface area (Å²) in [4.78, 5) is 1.23. The molecule has 2 N–H and O–H groups in total. The first-order chi connectivity index (χ1) is 9.08. The lowest BCUT2D eigenvalue weighted by atomic mass is 10.1. The van der Waals surface area contributed by atoms with E-state index in [-0.39, 0.29) is 6.04 Å². The van der Waals surface area contributed by atoms with Crippen LogP contribution in [0.5, 0.6) is 0 Å². The Balaban J connectivity index is 2.04. The molecule has 1 unspecified atom stereocenters. The second kappa shape index (κ2) is 6.26.